The summed E-state index contributed by atoms with van der Waals surface area (Å²) >= 11 is 1.34. The van der Waals surface area contributed by atoms with Gasteiger partial charge < -0.3 is 20.1 Å². The molecule has 2 aliphatic rings. The molecule has 0 aliphatic carbocycles. The smallest absolute Gasteiger partial charge is 0.338 e. The Balaban J connectivity index is 1.55. The van der Waals surface area contributed by atoms with Crippen molar-refractivity contribution in [2.75, 3.05) is 13.2 Å². The lowest BCUT2D eigenvalue weighted by Crippen LogP contribution is -2.48. The van der Waals surface area contributed by atoms with E-state index in [4.69, 9.17) is 9.47 Å². The van der Waals surface area contributed by atoms with E-state index >= 15 is 0 Å². The van der Waals surface area contributed by atoms with Gasteiger partial charge in [0.1, 0.15) is 12.6 Å². The highest BCUT2D eigenvalue weighted by atomic mass is 32.1. The van der Waals surface area contributed by atoms with Crippen molar-refractivity contribution in [1.82, 2.24) is 15.5 Å². The molecule has 0 saturated carbocycles. The van der Waals surface area contributed by atoms with E-state index in [1.54, 1.807) is 36.6 Å². The minimum atomic E-state index is -1.22. The van der Waals surface area contributed by atoms with Crippen molar-refractivity contribution in [3.05, 3.63) is 69.1 Å². The molecule has 0 unspecified atom stereocenters. The van der Waals surface area contributed by atoms with E-state index < -0.39 is 48.5 Å². The second kappa shape index (κ2) is 9.48. The van der Waals surface area contributed by atoms with Crippen molar-refractivity contribution >= 4 is 41.1 Å². The Morgan fingerprint density at radius 3 is 2.32 bits per heavy atom. The predicted octanol–water partition coefficient (Wildman–Crippen LogP) is 2.15. The van der Waals surface area contributed by atoms with Gasteiger partial charge in [0, 0.05) is 4.88 Å². The fourth-order valence-electron chi connectivity index (χ4n) is 3.78. The fraction of sp³-hybridized carbons (Fsp3) is 0.261. The number of esters is 2. The van der Waals surface area contributed by atoms with Crippen molar-refractivity contribution in [3.8, 4) is 0 Å². The summed E-state index contributed by atoms with van der Waals surface area (Å²) in [6.45, 7) is 2.67. The average Bonchev–Trinajstić information content (AvgIpc) is 3.44. The number of rotatable bonds is 7. The molecule has 11 heteroatoms. The lowest BCUT2D eigenvalue weighted by molar-refractivity contribution is -0.147. The molecular formula is C23H21N3O7S. The molecule has 10 nitrogen and oxygen atoms in total. The first-order chi connectivity index (χ1) is 16.3. The number of imide groups is 1. The molecule has 2 aromatic rings. The van der Waals surface area contributed by atoms with Crippen LogP contribution in [0, 0.1) is 0 Å². The number of urea groups is 1. The molecular weight excluding hydrogens is 462 g/mol. The molecule has 1 aromatic carbocycles. The standard InChI is InChI=1S/C23H21N3O7S/c1-3-32-22(30)17-15(24-23(31)25-18(17)16-9-6-10-34-16)11-33-21(29)12(2)26-19(27)13-7-4-5-8-14(13)20(26)28/h4-10,12,18H,3,11H2,1-2H3,(H2,24,25,31)/t12-,18+/m0/s1. The largest absolute Gasteiger partial charge is 0.463 e. The Morgan fingerprint density at radius 2 is 1.74 bits per heavy atom. The van der Waals surface area contributed by atoms with Gasteiger partial charge in [-0.2, -0.15) is 0 Å². The number of benzene rings is 1. The first-order valence-corrected chi connectivity index (χ1v) is 11.4. The lowest BCUT2D eigenvalue weighted by Gasteiger charge is -2.28. The number of amides is 4. The van der Waals surface area contributed by atoms with Crippen LogP contribution in [0.3, 0.4) is 0 Å². The zero-order chi connectivity index (χ0) is 24.4. The average molecular weight is 484 g/mol. The Hall–Kier alpha value is -3.99. The van der Waals surface area contributed by atoms with Crippen molar-refractivity contribution < 1.29 is 33.4 Å². The topological polar surface area (TPSA) is 131 Å². The van der Waals surface area contributed by atoms with Crippen LogP contribution in [0.4, 0.5) is 4.79 Å². The molecule has 1 aromatic heterocycles. The first kappa shape index (κ1) is 23.2. The maximum absolute atomic E-state index is 12.8. The first-order valence-electron chi connectivity index (χ1n) is 10.5. The van der Waals surface area contributed by atoms with Crippen LogP contribution in [0.5, 0.6) is 0 Å². The third-order valence-corrected chi connectivity index (χ3v) is 6.33. The SMILES string of the molecule is CCOC(=O)C1=C(COC(=O)[C@H](C)N2C(=O)c3ccccc3C2=O)NC(=O)N[C@@H]1c1cccs1. The number of fused-ring (bicyclic) bond motifs is 1. The van der Waals surface area contributed by atoms with Crippen molar-refractivity contribution in [1.29, 1.82) is 0 Å². The third-order valence-electron chi connectivity index (χ3n) is 5.39. The Bertz CT molecular complexity index is 1170. The van der Waals surface area contributed by atoms with Crippen LogP contribution in [-0.2, 0) is 19.1 Å². The number of carbonyl (C=O) groups excluding carboxylic acids is 5. The van der Waals surface area contributed by atoms with Crippen LogP contribution in [0.1, 0.15) is 45.5 Å². The number of thiophene rings is 1. The van der Waals surface area contributed by atoms with Crippen LogP contribution in [0.2, 0.25) is 0 Å². The number of nitrogens with one attached hydrogen (secondary N) is 2. The van der Waals surface area contributed by atoms with Gasteiger partial charge >= 0.3 is 18.0 Å². The molecule has 0 spiro atoms. The molecule has 4 rings (SSSR count). The highest BCUT2D eigenvalue weighted by Gasteiger charge is 2.41. The van der Waals surface area contributed by atoms with Gasteiger partial charge in [-0.15, -0.1) is 11.3 Å². The zero-order valence-electron chi connectivity index (χ0n) is 18.3. The summed E-state index contributed by atoms with van der Waals surface area (Å²) in [6.07, 6.45) is 0. The summed E-state index contributed by atoms with van der Waals surface area (Å²) in [5, 5.41) is 6.98. The minimum absolute atomic E-state index is 0.0588. The number of ether oxygens (including phenoxy) is 2. The summed E-state index contributed by atoms with van der Waals surface area (Å²) in [5.74, 6) is -2.73. The van der Waals surface area contributed by atoms with Gasteiger partial charge in [0.2, 0.25) is 0 Å². The second-order valence-electron chi connectivity index (χ2n) is 7.47. The van der Waals surface area contributed by atoms with Crippen LogP contribution in [-0.4, -0.2) is 53.9 Å². The van der Waals surface area contributed by atoms with Gasteiger partial charge in [-0.3, -0.25) is 14.5 Å². The van der Waals surface area contributed by atoms with Crippen molar-refractivity contribution in [2.24, 2.45) is 0 Å². The van der Waals surface area contributed by atoms with Crippen molar-refractivity contribution in [3.63, 3.8) is 0 Å². The van der Waals surface area contributed by atoms with Gasteiger partial charge in [-0.25, -0.2) is 14.4 Å². The van der Waals surface area contributed by atoms with Gasteiger partial charge in [0.15, 0.2) is 0 Å². The molecule has 0 fully saturated rings. The zero-order valence-corrected chi connectivity index (χ0v) is 19.1. The van der Waals surface area contributed by atoms with Crippen LogP contribution in [0.15, 0.2) is 53.0 Å². The number of hydrogen-bond acceptors (Lipinski definition) is 8. The quantitative estimate of drug-likeness (QED) is 0.456. The van der Waals surface area contributed by atoms with E-state index in [-0.39, 0.29) is 29.0 Å². The Kier molecular flexibility index (Phi) is 6.46. The van der Waals surface area contributed by atoms with E-state index in [1.165, 1.54) is 30.4 Å². The molecule has 176 valence electrons. The predicted molar refractivity (Wildman–Crippen MR) is 120 cm³/mol. The van der Waals surface area contributed by atoms with E-state index in [2.05, 4.69) is 10.6 Å². The molecule has 34 heavy (non-hydrogen) atoms. The molecule has 2 aliphatic heterocycles. The summed E-state index contributed by atoms with van der Waals surface area (Å²) in [4.78, 5) is 64.6. The number of hydrogen-bond donors (Lipinski definition) is 2. The molecule has 2 atom stereocenters. The van der Waals surface area contributed by atoms with Gasteiger partial charge in [0.25, 0.3) is 11.8 Å². The Morgan fingerprint density at radius 1 is 1.06 bits per heavy atom. The maximum Gasteiger partial charge on any atom is 0.338 e. The number of nitrogens with zero attached hydrogens (tertiary/aromatic N) is 1. The van der Waals surface area contributed by atoms with Crippen LogP contribution in [0.25, 0.3) is 0 Å². The summed E-state index contributed by atoms with van der Waals surface area (Å²) in [6, 6.07) is 7.24. The monoisotopic (exact) mass is 483 g/mol. The molecule has 0 radical (unpaired) electrons. The summed E-state index contributed by atoms with van der Waals surface area (Å²) in [5.41, 5.74) is 0.585. The molecule has 0 saturated heterocycles. The Labute approximate surface area is 198 Å². The summed E-state index contributed by atoms with van der Waals surface area (Å²) in [7, 11) is 0. The third kappa shape index (κ3) is 4.17. The van der Waals surface area contributed by atoms with E-state index in [1.807, 2.05) is 0 Å². The van der Waals surface area contributed by atoms with Crippen LogP contribution >= 0.6 is 11.3 Å². The van der Waals surface area contributed by atoms with Gasteiger partial charge in [-0.1, -0.05) is 18.2 Å². The number of carbonyl (C=O) groups is 5. The molecule has 2 N–H and O–H groups in total. The highest BCUT2D eigenvalue weighted by Crippen LogP contribution is 2.31. The van der Waals surface area contributed by atoms with E-state index in [0.717, 1.165) is 4.90 Å². The summed E-state index contributed by atoms with van der Waals surface area (Å²) < 4.78 is 10.5. The fourth-order valence-corrected chi connectivity index (χ4v) is 4.56. The maximum atomic E-state index is 12.8. The lowest BCUT2D eigenvalue weighted by atomic mass is 10.0. The van der Waals surface area contributed by atoms with Gasteiger partial charge in [-0.05, 0) is 37.4 Å². The highest BCUT2D eigenvalue weighted by molar-refractivity contribution is 7.10. The molecule has 0 bridgehead atoms. The second-order valence-corrected chi connectivity index (χ2v) is 8.45. The molecule has 4 amide bonds. The van der Waals surface area contributed by atoms with E-state index in [9.17, 15) is 24.0 Å². The van der Waals surface area contributed by atoms with E-state index in [0.29, 0.717) is 4.88 Å². The minimum Gasteiger partial charge on any atom is -0.463 e. The van der Waals surface area contributed by atoms with Crippen molar-refractivity contribution in [2.45, 2.75) is 25.9 Å². The van der Waals surface area contributed by atoms with Gasteiger partial charge in [0.05, 0.1) is 35.0 Å². The normalized spacial score (nSPS) is 18.2. The molecule has 3 heterocycles. The van der Waals surface area contributed by atoms with Crippen LogP contribution < -0.4 is 10.6 Å².